The molecule has 0 aliphatic carbocycles. The van der Waals surface area contributed by atoms with Crippen LogP contribution >= 0.6 is 23.7 Å². The Balaban J connectivity index is 0.00000200. The molecule has 20 heavy (non-hydrogen) atoms. The standard InChI is InChI=1S/C12H16N4O2S.ClH/c1-7-9(8(2)18-16-7)3-4-14-12(17)10-6-19-11(5-13)15-10;/h6H,3-5,13H2,1-2H3,(H,14,17);1H. The third kappa shape index (κ3) is 3.78. The van der Waals surface area contributed by atoms with Crippen molar-refractivity contribution in [3.05, 3.63) is 33.1 Å². The summed E-state index contributed by atoms with van der Waals surface area (Å²) in [5.74, 6) is 0.619. The summed E-state index contributed by atoms with van der Waals surface area (Å²) in [7, 11) is 0. The van der Waals surface area contributed by atoms with E-state index in [0.29, 0.717) is 25.2 Å². The highest BCUT2D eigenvalue weighted by Crippen LogP contribution is 2.12. The maximum Gasteiger partial charge on any atom is 0.270 e. The maximum absolute atomic E-state index is 11.8. The zero-order chi connectivity index (χ0) is 13.8. The van der Waals surface area contributed by atoms with E-state index in [9.17, 15) is 4.79 Å². The number of amides is 1. The van der Waals surface area contributed by atoms with E-state index in [2.05, 4.69) is 15.5 Å². The third-order valence-corrected chi connectivity index (χ3v) is 3.67. The van der Waals surface area contributed by atoms with Gasteiger partial charge in [-0.05, 0) is 20.3 Å². The number of rotatable bonds is 5. The van der Waals surface area contributed by atoms with E-state index in [1.807, 2.05) is 13.8 Å². The number of aryl methyl sites for hydroxylation is 2. The first-order valence-electron chi connectivity index (χ1n) is 5.96. The minimum Gasteiger partial charge on any atom is -0.361 e. The van der Waals surface area contributed by atoms with Crippen LogP contribution in [0.3, 0.4) is 0 Å². The van der Waals surface area contributed by atoms with Crippen LogP contribution in [0, 0.1) is 13.8 Å². The number of nitrogens with one attached hydrogen (secondary N) is 1. The number of carbonyl (C=O) groups is 1. The first-order valence-corrected chi connectivity index (χ1v) is 6.84. The molecule has 0 fully saturated rings. The van der Waals surface area contributed by atoms with Crippen LogP contribution in [0.15, 0.2) is 9.90 Å². The predicted octanol–water partition coefficient (Wildman–Crippen LogP) is 1.60. The number of nitrogens with two attached hydrogens (primary N) is 1. The van der Waals surface area contributed by atoms with Crippen LogP contribution in [-0.2, 0) is 13.0 Å². The van der Waals surface area contributed by atoms with E-state index < -0.39 is 0 Å². The highest BCUT2D eigenvalue weighted by Gasteiger charge is 2.12. The van der Waals surface area contributed by atoms with Gasteiger partial charge in [-0.1, -0.05) is 5.16 Å². The monoisotopic (exact) mass is 316 g/mol. The summed E-state index contributed by atoms with van der Waals surface area (Å²) >= 11 is 1.39. The van der Waals surface area contributed by atoms with Crippen LogP contribution in [0.25, 0.3) is 0 Å². The second-order valence-electron chi connectivity index (χ2n) is 4.14. The summed E-state index contributed by atoms with van der Waals surface area (Å²) < 4.78 is 5.07. The lowest BCUT2D eigenvalue weighted by Gasteiger charge is -2.02. The molecule has 0 saturated carbocycles. The van der Waals surface area contributed by atoms with Gasteiger partial charge in [-0.3, -0.25) is 4.79 Å². The van der Waals surface area contributed by atoms with Crippen LogP contribution in [0.5, 0.6) is 0 Å². The van der Waals surface area contributed by atoms with Crippen molar-refractivity contribution < 1.29 is 9.32 Å². The van der Waals surface area contributed by atoms with Gasteiger partial charge in [0, 0.05) is 24.0 Å². The van der Waals surface area contributed by atoms with Crippen LogP contribution in [0.2, 0.25) is 0 Å². The highest BCUT2D eigenvalue weighted by atomic mass is 35.5. The molecule has 2 heterocycles. The Morgan fingerprint density at radius 1 is 1.50 bits per heavy atom. The van der Waals surface area contributed by atoms with E-state index >= 15 is 0 Å². The maximum atomic E-state index is 11.8. The smallest absolute Gasteiger partial charge is 0.270 e. The average Bonchev–Trinajstić information content (AvgIpc) is 2.99. The first kappa shape index (κ1) is 16.6. The summed E-state index contributed by atoms with van der Waals surface area (Å²) in [6.07, 6.45) is 0.695. The molecular weight excluding hydrogens is 300 g/mol. The second-order valence-corrected chi connectivity index (χ2v) is 5.08. The van der Waals surface area contributed by atoms with E-state index in [1.165, 1.54) is 11.3 Å². The van der Waals surface area contributed by atoms with Crippen molar-refractivity contribution in [3.63, 3.8) is 0 Å². The van der Waals surface area contributed by atoms with E-state index in [-0.39, 0.29) is 18.3 Å². The minimum atomic E-state index is -0.178. The molecular formula is C12H17ClN4O2S. The number of hydrogen-bond acceptors (Lipinski definition) is 6. The molecule has 0 atom stereocenters. The van der Waals surface area contributed by atoms with Gasteiger partial charge < -0.3 is 15.6 Å². The van der Waals surface area contributed by atoms with E-state index in [0.717, 1.165) is 22.0 Å². The van der Waals surface area contributed by atoms with Gasteiger partial charge >= 0.3 is 0 Å². The van der Waals surface area contributed by atoms with Crippen LogP contribution in [0.4, 0.5) is 0 Å². The second kappa shape index (κ2) is 7.37. The molecule has 0 aromatic carbocycles. The number of thiazole rings is 1. The quantitative estimate of drug-likeness (QED) is 0.873. The van der Waals surface area contributed by atoms with E-state index in [4.69, 9.17) is 10.3 Å². The van der Waals surface area contributed by atoms with Crippen molar-refractivity contribution in [2.45, 2.75) is 26.8 Å². The zero-order valence-electron chi connectivity index (χ0n) is 11.3. The molecule has 8 heteroatoms. The van der Waals surface area contributed by atoms with Crippen molar-refractivity contribution in [3.8, 4) is 0 Å². The van der Waals surface area contributed by atoms with Gasteiger partial charge in [0.15, 0.2) is 0 Å². The predicted molar refractivity (Wildman–Crippen MR) is 79.3 cm³/mol. The molecule has 0 spiro atoms. The van der Waals surface area contributed by atoms with Gasteiger partial charge in [0.2, 0.25) is 0 Å². The largest absolute Gasteiger partial charge is 0.361 e. The van der Waals surface area contributed by atoms with Crippen molar-refractivity contribution in [1.29, 1.82) is 0 Å². The highest BCUT2D eigenvalue weighted by molar-refractivity contribution is 7.09. The third-order valence-electron chi connectivity index (χ3n) is 2.80. The molecule has 1 amide bonds. The molecule has 2 rings (SSSR count). The molecule has 0 aliphatic rings. The summed E-state index contributed by atoms with van der Waals surface area (Å²) in [5.41, 5.74) is 7.79. The Kier molecular flexibility index (Phi) is 6.12. The SMILES string of the molecule is Cc1noc(C)c1CCNC(=O)c1csc(CN)n1.Cl. The van der Waals surface area contributed by atoms with Gasteiger partial charge in [0.05, 0.1) is 5.69 Å². The lowest BCUT2D eigenvalue weighted by molar-refractivity contribution is 0.0949. The van der Waals surface area contributed by atoms with Gasteiger partial charge in [-0.25, -0.2) is 4.98 Å². The summed E-state index contributed by atoms with van der Waals surface area (Å²) in [4.78, 5) is 16.0. The van der Waals surface area contributed by atoms with Gasteiger partial charge in [-0.15, -0.1) is 23.7 Å². The molecule has 6 nitrogen and oxygen atoms in total. The molecule has 2 aromatic heterocycles. The van der Waals surface area contributed by atoms with Crippen molar-refractivity contribution in [2.75, 3.05) is 6.54 Å². The molecule has 0 aliphatic heterocycles. The van der Waals surface area contributed by atoms with Crippen LogP contribution in [0.1, 0.15) is 32.5 Å². The van der Waals surface area contributed by atoms with Gasteiger partial charge in [-0.2, -0.15) is 0 Å². The summed E-state index contributed by atoms with van der Waals surface area (Å²) in [5, 5.41) is 9.17. The first-order chi connectivity index (χ1) is 9.11. The topological polar surface area (TPSA) is 94.0 Å². The fourth-order valence-electron chi connectivity index (χ4n) is 1.76. The Morgan fingerprint density at radius 3 is 2.80 bits per heavy atom. The van der Waals surface area contributed by atoms with Crippen LogP contribution < -0.4 is 11.1 Å². The van der Waals surface area contributed by atoms with Crippen molar-refractivity contribution >= 4 is 29.7 Å². The minimum absolute atomic E-state index is 0. The number of nitrogens with zero attached hydrogens (tertiary/aromatic N) is 2. The molecule has 0 saturated heterocycles. The summed E-state index contributed by atoms with van der Waals surface area (Å²) in [6, 6.07) is 0. The zero-order valence-corrected chi connectivity index (χ0v) is 12.9. The lowest BCUT2D eigenvalue weighted by Crippen LogP contribution is -2.26. The van der Waals surface area contributed by atoms with Crippen molar-refractivity contribution in [1.82, 2.24) is 15.5 Å². The van der Waals surface area contributed by atoms with Crippen LogP contribution in [-0.4, -0.2) is 22.6 Å². The Hall–Kier alpha value is -1.44. The molecule has 110 valence electrons. The lowest BCUT2D eigenvalue weighted by atomic mass is 10.1. The molecule has 3 N–H and O–H groups in total. The van der Waals surface area contributed by atoms with E-state index in [1.54, 1.807) is 5.38 Å². The fraction of sp³-hybridized carbons (Fsp3) is 0.417. The normalized spacial score (nSPS) is 10.2. The Labute approximate surface area is 127 Å². The number of aromatic nitrogens is 2. The van der Waals surface area contributed by atoms with Crippen molar-refractivity contribution in [2.24, 2.45) is 5.73 Å². The average molecular weight is 317 g/mol. The fourth-order valence-corrected chi connectivity index (χ4v) is 2.41. The molecule has 0 radical (unpaired) electrons. The molecule has 0 unspecified atom stereocenters. The molecule has 0 bridgehead atoms. The Morgan fingerprint density at radius 2 is 2.25 bits per heavy atom. The number of carbonyl (C=O) groups excluding carboxylic acids is 1. The Bertz CT molecular complexity index is 562. The van der Waals surface area contributed by atoms with Gasteiger partial charge in [0.25, 0.3) is 5.91 Å². The van der Waals surface area contributed by atoms with Gasteiger partial charge in [0.1, 0.15) is 16.5 Å². The number of halogens is 1. The number of hydrogen-bond donors (Lipinski definition) is 2. The summed E-state index contributed by atoms with van der Waals surface area (Å²) in [6.45, 7) is 4.64. The molecule has 2 aromatic rings.